The van der Waals surface area contributed by atoms with E-state index in [1.165, 1.54) is 13.1 Å². The monoisotopic (exact) mass is 454 g/mol. The molecule has 0 spiro atoms. The molecule has 0 aliphatic carbocycles. The Kier molecular flexibility index (Phi) is 6.40. The molecule has 0 unspecified atom stereocenters. The number of benzene rings is 2. The number of hydrogen-bond donors (Lipinski definition) is 2. The molecule has 172 valence electrons. The molecular weight excluding hydrogens is 430 g/mol. The van der Waals surface area contributed by atoms with Crippen molar-refractivity contribution in [3.63, 3.8) is 0 Å². The maximum atomic E-state index is 14.1. The van der Waals surface area contributed by atoms with Crippen molar-refractivity contribution in [1.82, 2.24) is 10.6 Å². The van der Waals surface area contributed by atoms with Gasteiger partial charge in [-0.2, -0.15) is 14.0 Å². The van der Waals surface area contributed by atoms with Crippen molar-refractivity contribution in [3.05, 3.63) is 53.6 Å². The second-order valence-electron chi connectivity index (χ2n) is 8.18. The minimum absolute atomic E-state index is 0.189. The third-order valence-corrected chi connectivity index (χ3v) is 5.91. The number of nitrogens with zero attached hydrogens (tertiary/aromatic N) is 2. The van der Waals surface area contributed by atoms with E-state index in [0.29, 0.717) is 25.1 Å². The van der Waals surface area contributed by atoms with Crippen molar-refractivity contribution in [2.75, 3.05) is 31.6 Å². The summed E-state index contributed by atoms with van der Waals surface area (Å²) in [5.74, 6) is -5.07. The summed E-state index contributed by atoms with van der Waals surface area (Å²) in [7, 11) is 1.33. The molecule has 0 bridgehead atoms. The van der Waals surface area contributed by atoms with Gasteiger partial charge in [0.2, 0.25) is 0 Å². The number of fused-ring (bicyclic) bond motifs is 1. The summed E-state index contributed by atoms with van der Waals surface area (Å²) in [6.07, 6.45) is 0.524. The first-order valence-corrected chi connectivity index (χ1v) is 10.7. The Morgan fingerprint density at radius 2 is 2.03 bits per heavy atom. The molecular formula is C24H24F2N4O3. The summed E-state index contributed by atoms with van der Waals surface area (Å²) < 4.78 is 33.7. The summed E-state index contributed by atoms with van der Waals surface area (Å²) in [5.41, 5.74) is 2.21. The van der Waals surface area contributed by atoms with Gasteiger partial charge in [-0.1, -0.05) is 30.3 Å². The zero-order valence-electron chi connectivity index (χ0n) is 18.1. The van der Waals surface area contributed by atoms with Crippen LogP contribution in [0.2, 0.25) is 0 Å². The number of halogens is 2. The van der Waals surface area contributed by atoms with Crippen LogP contribution in [0.25, 0.3) is 11.1 Å². The molecule has 1 saturated heterocycles. The van der Waals surface area contributed by atoms with E-state index in [9.17, 15) is 23.6 Å². The van der Waals surface area contributed by atoms with Gasteiger partial charge in [0.1, 0.15) is 12.1 Å². The average molecular weight is 454 g/mol. The molecule has 2 aliphatic rings. The zero-order chi connectivity index (χ0) is 23.6. The maximum Gasteiger partial charge on any atom is 0.352 e. The molecule has 7 nitrogen and oxygen atoms in total. The minimum Gasteiger partial charge on any atom is -0.367 e. The molecule has 2 aromatic carbocycles. The number of ether oxygens (including phenoxy) is 1. The van der Waals surface area contributed by atoms with Crippen LogP contribution in [0.15, 0.2) is 42.5 Å². The first-order chi connectivity index (χ1) is 15.8. The summed E-state index contributed by atoms with van der Waals surface area (Å²) >= 11 is 0. The smallest absolute Gasteiger partial charge is 0.352 e. The molecule has 2 aromatic rings. The molecule has 2 heterocycles. The lowest BCUT2D eigenvalue weighted by Gasteiger charge is -2.18. The minimum atomic E-state index is -3.51. The van der Waals surface area contributed by atoms with Crippen LogP contribution < -0.4 is 15.5 Å². The van der Waals surface area contributed by atoms with Crippen LogP contribution in [0.4, 0.5) is 14.5 Å². The fourth-order valence-corrected chi connectivity index (χ4v) is 4.04. The van der Waals surface area contributed by atoms with Crippen molar-refractivity contribution < 1.29 is 23.1 Å². The predicted molar refractivity (Wildman–Crippen MR) is 118 cm³/mol. The lowest BCUT2D eigenvalue weighted by atomic mass is 9.98. The number of anilines is 1. The molecule has 33 heavy (non-hydrogen) atoms. The number of rotatable bonds is 5. The average Bonchev–Trinajstić information content (AvgIpc) is 3.04. The summed E-state index contributed by atoms with van der Waals surface area (Å²) in [5, 5.41) is 15.4. The van der Waals surface area contributed by atoms with Gasteiger partial charge in [0.25, 0.3) is 5.91 Å². The van der Waals surface area contributed by atoms with Gasteiger partial charge in [-0.3, -0.25) is 9.59 Å². The highest BCUT2D eigenvalue weighted by atomic mass is 19.3. The fourth-order valence-electron chi connectivity index (χ4n) is 4.04. The Labute approximate surface area is 190 Å². The standard InChI is InChI=1S/C24H24F2N4O3/c1-30-20-12-17(7-8-19(20)24(25,26)23(30)32)16-5-3-15(4-6-16)11-18(13-27)29-22(31)21-14-28-9-2-10-33-21/h3-8,12,18,21,28H,2,9-11,14H2,1H3,(H,29,31)/t18-,21-/m0/s1. The highest BCUT2D eigenvalue weighted by Gasteiger charge is 2.51. The fraction of sp³-hybridized carbons (Fsp3) is 0.375. The number of alkyl halides is 2. The summed E-state index contributed by atoms with van der Waals surface area (Å²) in [6, 6.07) is 13.1. The van der Waals surface area contributed by atoms with Crippen molar-refractivity contribution >= 4 is 17.5 Å². The first kappa shape index (κ1) is 22.8. The SMILES string of the molecule is CN1C(=O)C(F)(F)c2ccc(-c3ccc(C[C@@H](C#N)NC(=O)[C@@H]4CNCCCO4)cc3)cc21. The van der Waals surface area contributed by atoms with Crippen LogP contribution in [-0.2, 0) is 26.7 Å². The van der Waals surface area contributed by atoms with Gasteiger partial charge in [0, 0.05) is 26.6 Å². The van der Waals surface area contributed by atoms with E-state index in [1.807, 2.05) is 24.3 Å². The number of nitriles is 1. The van der Waals surface area contributed by atoms with Crippen molar-refractivity contribution in [3.8, 4) is 17.2 Å². The largest absolute Gasteiger partial charge is 0.367 e. The molecule has 9 heteroatoms. The van der Waals surface area contributed by atoms with Gasteiger partial charge >= 0.3 is 11.8 Å². The van der Waals surface area contributed by atoms with Crippen LogP contribution in [0.1, 0.15) is 17.5 Å². The van der Waals surface area contributed by atoms with E-state index in [1.54, 1.807) is 12.1 Å². The number of nitrogens with one attached hydrogen (secondary N) is 2. The molecule has 2 amide bonds. The quantitative estimate of drug-likeness (QED) is 0.724. The first-order valence-electron chi connectivity index (χ1n) is 10.7. The van der Waals surface area contributed by atoms with Gasteiger partial charge in [0.05, 0.1) is 17.3 Å². The maximum absolute atomic E-state index is 14.1. The van der Waals surface area contributed by atoms with E-state index in [4.69, 9.17) is 4.74 Å². The second-order valence-corrected chi connectivity index (χ2v) is 8.18. The Hall–Kier alpha value is -3.35. The number of likely N-dealkylation sites (N-methyl/N-ethyl adjacent to an activating group) is 1. The van der Waals surface area contributed by atoms with Gasteiger partial charge in [0.15, 0.2) is 0 Å². The highest BCUT2D eigenvalue weighted by molar-refractivity contribution is 6.06. The van der Waals surface area contributed by atoms with Crippen molar-refractivity contribution in [1.29, 1.82) is 5.26 Å². The van der Waals surface area contributed by atoms with Gasteiger partial charge in [-0.15, -0.1) is 0 Å². The number of carbonyl (C=O) groups excluding carboxylic acids is 2. The molecule has 0 aromatic heterocycles. The Morgan fingerprint density at radius 3 is 2.76 bits per heavy atom. The van der Waals surface area contributed by atoms with E-state index in [-0.39, 0.29) is 17.2 Å². The lowest BCUT2D eigenvalue weighted by molar-refractivity contribution is -0.141. The molecule has 4 rings (SSSR count). The van der Waals surface area contributed by atoms with Crippen LogP contribution in [0, 0.1) is 11.3 Å². The van der Waals surface area contributed by atoms with E-state index in [0.717, 1.165) is 29.0 Å². The van der Waals surface area contributed by atoms with Crippen LogP contribution >= 0.6 is 0 Å². The Bertz CT molecular complexity index is 1090. The van der Waals surface area contributed by atoms with Crippen LogP contribution in [-0.4, -0.2) is 50.7 Å². The molecule has 2 atom stereocenters. The number of carbonyl (C=O) groups is 2. The molecule has 2 N–H and O–H groups in total. The second kappa shape index (κ2) is 9.25. The normalized spacial score (nSPS) is 20.5. The molecule has 2 aliphatic heterocycles. The molecule has 0 radical (unpaired) electrons. The van der Waals surface area contributed by atoms with Gasteiger partial charge < -0.3 is 20.3 Å². The Balaban J connectivity index is 1.44. The van der Waals surface area contributed by atoms with Crippen LogP contribution in [0.5, 0.6) is 0 Å². The van der Waals surface area contributed by atoms with Gasteiger partial charge in [-0.05, 0) is 41.8 Å². The van der Waals surface area contributed by atoms with E-state index in [2.05, 4.69) is 16.7 Å². The molecule has 0 saturated carbocycles. The summed E-state index contributed by atoms with van der Waals surface area (Å²) in [6.45, 7) is 1.69. The summed E-state index contributed by atoms with van der Waals surface area (Å²) in [4.78, 5) is 25.2. The zero-order valence-corrected chi connectivity index (χ0v) is 18.1. The van der Waals surface area contributed by atoms with Crippen molar-refractivity contribution in [2.45, 2.75) is 30.9 Å². The predicted octanol–water partition coefficient (Wildman–Crippen LogP) is 2.35. The topological polar surface area (TPSA) is 94.5 Å². The van der Waals surface area contributed by atoms with Gasteiger partial charge in [-0.25, -0.2) is 0 Å². The third-order valence-electron chi connectivity index (χ3n) is 5.91. The van der Waals surface area contributed by atoms with Crippen molar-refractivity contribution in [2.24, 2.45) is 0 Å². The van der Waals surface area contributed by atoms with E-state index < -0.39 is 24.0 Å². The Morgan fingerprint density at radius 1 is 1.30 bits per heavy atom. The lowest BCUT2D eigenvalue weighted by Crippen LogP contribution is -2.46. The van der Waals surface area contributed by atoms with E-state index >= 15 is 0 Å². The van der Waals surface area contributed by atoms with Crippen LogP contribution in [0.3, 0.4) is 0 Å². The molecule has 1 fully saturated rings. The number of hydrogen-bond acceptors (Lipinski definition) is 5. The third kappa shape index (κ3) is 4.58. The highest BCUT2D eigenvalue weighted by Crippen LogP contribution is 2.44. The number of amides is 2.